The van der Waals surface area contributed by atoms with Crippen molar-refractivity contribution in [3.63, 3.8) is 0 Å². The number of hydrogen-bond acceptors (Lipinski definition) is 2. The van der Waals surface area contributed by atoms with Crippen LogP contribution in [-0.4, -0.2) is 5.91 Å². The minimum atomic E-state index is -0.364. The van der Waals surface area contributed by atoms with Crippen LogP contribution >= 0.6 is 0 Å². The standard InChI is InChI=1S/C14H12FNO2/c1-3-4-14(17)16-9(2)13-8-10-7-11(15)5-6-12(10)18-13/h5-9H,1-2H3,(H,16,17). The predicted molar refractivity (Wildman–Crippen MR) is 66.2 cm³/mol. The summed E-state index contributed by atoms with van der Waals surface area (Å²) in [6, 6.07) is 5.69. The van der Waals surface area contributed by atoms with Gasteiger partial charge >= 0.3 is 0 Å². The average molecular weight is 245 g/mol. The molecule has 1 atom stereocenters. The lowest BCUT2D eigenvalue weighted by Crippen LogP contribution is -2.24. The van der Waals surface area contributed by atoms with Crippen molar-refractivity contribution in [2.75, 3.05) is 0 Å². The van der Waals surface area contributed by atoms with Crippen LogP contribution in [0.4, 0.5) is 4.39 Å². The van der Waals surface area contributed by atoms with Gasteiger partial charge in [0.2, 0.25) is 0 Å². The predicted octanol–water partition coefficient (Wildman–Crippen LogP) is 2.77. The van der Waals surface area contributed by atoms with Crippen molar-refractivity contribution in [1.82, 2.24) is 5.32 Å². The summed E-state index contributed by atoms with van der Waals surface area (Å²) in [6.07, 6.45) is 0. The summed E-state index contributed by atoms with van der Waals surface area (Å²) < 4.78 is 18.6. The van der Waals surface area contributed by atoms with Crippen LogP contribution in [0.15, 0.2) is 28.7 Å². The molecule has 0 saturated heterocycles. The van der Waals surface area contributed by atoms with Crippen LogP contribution in [0.5, 0.6) is 0 Å². The molecule has 0 fully saturated rings. The minimum absolute atomic E-state index is 0.311. The van der Waals surface area contributed by atoms with Crippen molar-refractivity contribution in [2.45, 2.75) is 19.9 Å². The fourth-order valence-corrected chi connectivity index (χ4v) is 1.67. The van der Waals surface area contributed by atoms with E-state index in [-0.39, 0.29) is 17.8 Å². The molecule has 0 aliphatic rings. The van der Waals surface area contributed by atoms with E-state index < -0.39 is 0 Å². The molecule has 1 unspecified atom stereocenters. The first-order valence-corrected chi connectivity index (χ1v) is 5.52. The topological polar surface area (TPSA) is 42.2 Å². The molecule has 18 heavy (non-hydrogen) atoms. The van der Waals surface area contributed by atoms with E-state index in [0.717, 1.165) is 0 Å². The highest BCUT2D eigenvalue weighted by Crippen LogP contribution is 2.24. The highest BCUT2D eigenvalue weighted by molar-refractivity contribution is 5.93. The second-order valence-corrected chi connectivity index (χ2v) is 3.90. The minimum Gasteiger partial charge on any atom is -0.459 e. The summed E-state index contributed by atoms with van der Waals surface area (Å²) in [6.45, 7) is 3.37. The lowest BCUT2D eigenvalue weighted by Gasteiger charge is -2.07. The fraction of sp³-hybridized carbons (Fsp3) is 0.214. The Morgan fingerprint density at radius 1 is 1.44 bits per heavy atom. The van der Waals surface area contributed by atoms with Gasteiger partial charge in [-0.2, -0.15) is 0 Å². The SMILES string of the molecule is CC#CC(=O)NC(C)c1cc2cc(F)ccc2o1. The van der Waals surface area contributed by atoms with Gasteiger partial charge in [0.25, 0.3) is 5.91 Å². The summed E-state index contributed by atoms with van der Waals surface area (Å²) in [5, 5.41) is 3.35. The number of rotatable bonds is 2. The van der Waals surface area contributed by atoms with Gasteiger partial charge in [0, 0.05) is 5.39 Å². The first-order valence-electron chi connectivity index (χ1n) is 5.52. The van der Waals surface area contributed by atoms with E-state index in [4.69, 9.17) is 4.42 Å². The molecule has 1 amide bonds. The van der Waals surface area contributed by atoms with Crippen LogP contribution in [0.25, 0.3) is 11.0 Å². The quantitative estimate of drug-likeness (QED) is 0.827. The van der Waals surface area contributed by atoms with Gasteiger partial charge in [0.05, 0.1) is 6.04 Å². The van der Waals surface area contributed by atoms with Crippen LogP contribution in [0.3, 0.4) is 0 Å². The van der Waals surface area contributed by atoms with Crippen molar-refractivity contribution in [3.8, 4) is 11.8 Å². The first-order chi connectivity index (χ1) is 8.60. The highest BCUT2D eigenvalue weighted by Gasteiger charge is 2.13. The Morgan fingerprint density at radius 2 is 2.22 bits per heavy atom. The largest absolute Gasteiger partial charge is 0.459 e. The molecule has 2 aromatic rings. The van der Waals surface area contributed by atoms with Crippen LogP contribution < -0.4 is 5.32 Å². The molecule has 1 aromatic carbocycles. The van der Waals surface area contributed by atoms with Crippen molar-refractivity contribution in [2.24, 2.45) is 0 Å². The lowest BCUT2D eigenvalue weighted by molar-refractivity contribution is -0.116. The van der Waals surface area contributed by atoms with Crippen LogP contribution in [0.1, 0.15) is 25.6 Å². The lowest BCUT2D eigenvalue weighted by atomic mass is 10.2. The van der Waals surface area contributed by atoms with Crippen LogP contribution in [0, 0.1) is 17.7 Å². The smallest absolute Gasteiger partial charge is 0.296 e. The molecule has 1 aromatic heterocycles. The normalized spacial score (nSPS) is 11.7. The van der Waals surface area contributed by atoms with Gasteiger partial charge in [-0.15, -0.1) is 0 Å². The molecular weight excluding hydrogens is 233 g/mol. The Labute approximate surface area is 104 Å². The maximum Gasteiger partial charge on any atom is 0.296 e. The van der Waals surface area contributed by atoms with Gasteiger partial charge in [-0.25, -0.2) is 4.39 Å². The van der Waals surface area contributed by atoms with E-state index in [1.54, 1.807) is 26.0 Å². The maximum absolute atomic E-state index is 13.0. The third-order valence-corrected chi connectivity index (χ3v) is 2.51. The zero-order chi connectivity index (χ0) is 13.1. The van der Waals surface area contributed by atoms with E-state index in [2.05, 4.69) is 17.2 Å². The molecule has 2 rings (SSSR count). The summed E-state index contributed by atoms with van der Waals surface area (Å²) in [4.78, 5) is 11.3. The molecule has 0 aliphatic heterocycles. The van der Waals surface area contributed by atoms with E-state index in [1.165, 1.54) is 12.1 Å². The molecule has 0 aliphatic carbocycles. The molecule has 92 valence electrons. The number of amides is 1. The zero-order valence-corrected chi connectivity index (χ0v) is 10.1. The number of hydrogen-bond donors (Lipinski definition) is 1. The van der Waals surface area contributed by atoms with Crippen molar-refractivity contribution >= 4 is 16.9 Å². The Bertz CT molecular complexity index is 649. The number of carbonyl (C=O) groups is 1. The van der Waals surface area contributed by atoms with Crippen molar-refractivity contribution < 1.29 is 13.6 Å². The van der Waals surface area contributed by atoms with E-state index in [0.29, 0.717) is 16.7 Å². The molecule has 0 saturated carbocycles. The van der Waals surface area contributed by atoms with Gasteiger partial charge in [-0.1, -0.05) is 5.92 Å². The molecule has 1 heterocycles. The Kier molecular flexibility index (Phi) is 3.33. The number of furan rings is 1. The van der Waals surface area contributed by atoms with Crippen LogP contribution in [-0.2, 0) is 4.79 Å². The van der Waals surface area contributed by atoms with Gasteiger partial charge < -0.3 is 9.73 Å². The molecule has 0 radical (unpaired) electrons. The molecular formula is C14H12FNO2. The van der Waals surface area contributed by atoms with Crippen molar-refractivity contribution in [1.29, 1.82) is 0 Å². The Morgan fingerprint density at radius 3 is 2.94 bits per heavy atom. The molecule has 4 heteroatoms. The fourth-order valence-electron chi connectivity index (χ4n) is 1.67. The van der Waals surface area contributed by atoms with E-state index in [9.17, 15) is 9.18 Å². The number of halogens is 1. The first kappa shape index (κ1) is 12.2. The molecule has 3 nitrogen and oxygen atoms in total. The van der Waals surface area contributed by atoms with Gasteiger partial charge in [-0.05, 0) is 44.0 Å². The molecule has 0 spiro atoms. The summed E-state index contributed by atoms with van der Waals surface area (Å²) in [5.41, 5.74) is 0.592. The highest BCUT2D eigenvalue weighted by atomic mass is 19.1. The number of carbonyl (C=O) groups excluding carboxylic acids is 1. The Balaban J connectivity index is 2.24. The average Bonchev–Trinajstić information content (AvgIpc) is 2.72. The second-order valence-electron chi connectivity index (χ2n) is 3.90. The summed E-state index contributed by atoms with van der Waals surface area (Å²) in [5.74, 6) is 4.79. The monoisotopic (exact) mass is 245 g/mol. The Hall–Kier alpha value is -2.28. The molecule has 0 bridgehead atoms. The van der Waals surface area contributed by atoms with Crippen LogP contribution in [0.2, 0.25) is 0 Å². The number of benzene rings is 1. The second kappa shape index (κ2) is 4.92. The third kappa shape index (κ3) is 2.51. The van der Waals surface area contributed by atoms with Gasteiger partial charge in [-0.3, -0.25) is 4.79 Å². The van der Waals surface area contributed by atoms with E-state index >= 15 is 0 Å². The molecule has 1 N–H and O–H groups in total. The number of nitrogens with one attached hydrogen (secondary N) is 1. The van der Waals surface area contributed by atoms with Gasteiger partial charge in [0.1, 0.15) is 17.2 Å². The summed E-state index contributed by atoms with van der Waals surface area (Å²) in [7, 11) is 0. The third-order valence-electron chi connectivity index (χ3n) is 2.51. The van der Waals surface area contributed by atoms with E-state index in [1.807, 2.05) is 0 Å². The number of fused-ring (bicyclic) bond motifs is 1. The zero-order valence-electron chi connectivity index (χ0n) is 10.1. The van der Waals surface area contributed by atoms with Crippen molar-refractivity contribution in [3.05, 3.63) is 35.8 Å². The van der Waals surface area contributed by atoms with Gasteiger partial charge in [0.15, 0.2) is 0 Å². The maximum atomic E-state index is 13.0. The summed E-state index contributed by atoms with van der Waals surface area (Å²) >= 11 is 0.